The van der Waals surface area contributed by atoms with Crippen LogP contribution in [0.25, 0.3) is 0 Å². The maximum atomic E-state index is 13.0. The van der Waals surface area contributed by atoms with Gasteiger partial charge in [-0.2, -0.15) is 4.31 Å². The molecule has 0 unspecified atom stereocenters. The highest BCUT2D eigenvalue weighted by atomic mass is 35.5. The smallest absolute Gasteiger partial charge is 0.325 e. The second-order valence-corrected chi connectivity index (χ2v) is 9.32. The Hall–Kier alpha value is -2.62. The number of methoxy groups -OCH3 is 1. The summed E-state index contributed by atoms with van der Waals surface area (Å²) in [5.41, 5.74) is 0.436. The summed E-state index contributed by atoms with van der Waals surface area (Å²) in [5.74, 6) is -0.855. The third-order valence-electron chi connectivity index (χ3n) is 4.92. The largest absolute Gasteiger partial charge is 0.495 e. The van der Waals surface area contributed by atoms with E-state index in [4.69, 9.17) is 21.1 Å². The summed E-state index contributed by atoms with van der Waals surface area (Å²) in [4.78, 5) is 25.2. The molecule has 0 aliphatic carbocycles. The van der Waals surface area contributed by atoms with Crippen LogP contribution in [0.5, 0.6) is 5.75 Å². The molecule has 0 saturated carbocycles. The first-order valence-corrected chi connectivity index (χ1v) is 11.5. The predicted molar refractivity (Wildman–Crippen MR) is 116 cm³/mol. The third-order valence-corrected chi connectivity index (χ3v) is 7.10. The Morgan fingerprint density at radius 3 is 2.52 bits per heavy atom. The van der Waals surface area contributed by atoms with Crippen molar-refractivity contribution in [3.05, 3.63) is 53.6 Å². The maximum absolute atomic E-state index is 13.0. The first-order chi connectivity index (χ1) is 14.7. The Labute approximate surface area is 186 Å². The monoisotopic (exact) mass is 466 g/mol. The second kappa shape index (κ2) is 9.67. The number of rotatable bonds is 7. The third kappa shape index (κ3) is 5.17. The van der Waals surface area contributed by atoms with Crippen molar-refractivity contribution in [3.63, 3.8) is 0 Å². The van der Waals surface area contributed by atoms with Gasteiger partial charge >= 0.3 is 5.97 Å². The molecule has 2 aromatic rings. The molecule has 1 heterocycles. The van der Waals surface area contributed by atoms with Crippen molar-refractivity contribution in [1.29, 1.82) is 0 Å². The highest BCUT2D eigenvalue weighted by molar-refractivity contribution is 7.89. The number of amides is 1. The minimum atomic E-state index is -3.91. The highest BCUT2D eigenvalue weighted by Crippen LogP contribution is 2.28. The molecule has 166 valence electrons. The van der Waals surface area contributed by atoms with Crippen molar-refractivity contribution in [2.75, 3.05) is 19.0 Å². The number of nitrogens with zero attached hydrogens (tertiary/aromatic N) is 1. The Balaban J connectivity index is 1.68. The molecule has 10 heteroatoms. The van der Waals surface area contributed by atoms with Gasteiger partial charge in [-0.15, -0.1) is 0 Å². The molecule has 0 radical (unpaired) electrons. The molecule has 0 aromatic heterocycles. The lowest BCUT2D eigenvalue weighted by Gasteiger charge is -2.24. The van der Waals surface area contributed by atoms with E-state index < -0.39 is 34.0 Å². The fourth-order valence-electron chi connectivity index (χ4n) is 3.29. The number of ether oxygens (including phenoxy) is 2. The summed E-state index contributed by atoms with van der Waals surface area (Å²) >= 11 is 5.84. The van der Waals surface area contributed by atoms with Crippen LogP contribution in [-0.4, -0.2) is 50.4 Å². The molecule has 1 amide bonds. The zero-order chi connectivity index (χ0) is 22.6. The minimum absolute atomic E-state index is 0.0403. The molecule has 0 spiro atoms. The summed E-state index contributed by atoms with van der Waals surface area (Å²) in [5, 5.41) is 3.05. The number of halogens is 1. The number of sulfonamides is 1. The molecule has 2 atom stereocenters. The molecule has 1 saturated heterocycles. The van der Waals surface area contributed by atoms with Crippen molar-refractivity contribution in [3.8, 4) is 5.75 Å². The molecule has 2 aromatic carbocycles. The Kier molecular flexibility index (Phi) is 7.19. The SMILES string of the molecule is COc1ccccc1NC(=O)[C@@H](C)OC(=O)[C@H]1CCCN1S(=O)(=O)c1ccc(Cl)cc1. The van der Waals surface area contributed by atoms with Gasteiger partial charge in [0.25, 0.3) is 5.91 Å². The lowest BCUT2D eigenvalue weighted by atomic mass is 10.2. The number of esters is 1. The van der Waals surface area contributed by atoms with Gasteiger partial charge in [0, 0.05) is 11.6 Å². The Morgan fingerprint density at radius 1 is 1.16 bits per heavy atom. The summed E-state index contributed by atoms with van der Waals surface area (Å²) < 4.78 is 37.6. The number of para-hydroxylation sites is 2. The van der Waals surface area contributed by atoms with Crippen LogP contribution in [0, 0.1) is 0 Å². The topological polar surface area (TPSA) is 102 Å². The maximum Gasteiger partial charge on any atom is 0.325 e. The van der Waals surface area contributed by atoms with Crippen LogP contribution in [0.15, 0.2) is 53.4 Å². The van der Waals surface area contributed by atoms with E-state index in [1.165, 1.54) is 38.3 Å². The Bertz CT molecular complexity index is 1060. The van der Waals surface area contributed by atoms with Gasteiger partial charge in [-0.1, -0.05) is 23.7 Å². The van der Waals surface area contributed by atoms with E-state index in [0.29, 0.717) is 29.3 Å². The van der Waals surface area contributed by atoms with E-state index in [9.17, 15) is 18.0 Å². The van der Waals surface area contributed by atoms with Crippen molar-refractivity contribution in [1.82, 2.24) is 4.31 Å². The summed E-state index contributed by atoms with van der Waals surface area (Å²) in [6.07, 6.45) is -0.306. The molecule has 0 bridgehead atoms. The average molecular weight is 467 g/mol. The van der Waals surface area contributed by atoms with Gasteiger partial charge in [-0.05, 0) is 56.2 Å². The number of carbonyl (C=O) groups is 2. The van der Waals surface area contributed by atoms with Crippen molar-refractivity contribution in [2.45, 2.75) is 36.8 Å². The molecule has 8 nitrogen and oxygen atoms in total. The molecule has 1 aliphatic rings. The highest BCUT2D eigenvalue weighted by Gasteiger charge is 2.41. The van der Waals surface area contributed by atoms with Gasteiger partial charge in [-0.25, -0.2) is 8.42 Å². The van der Waals surface area contributed by atoms with Crippen LogP contribution in [0.1, 0.15) is 19.8 Å². The molecule has 1 aliphatic heterocycles. The van der Waals surface area contributed by atoms with Crippen molar-refractivity contribution in [2.24, 2.45) is 0 Å². The van der Waals surface area contributed by atoms with Crippen LogP contribution in [-0.2, 0) is 24.3 Å². The molecular formula is C21H23ClN2O6S. The predicted octanol–water partition coefficient (Wildman–Crippen LogP) is 3.07. The average Bonchev–Trinajstić information content (AvgIpc) is 3.25. The summed E-state index contributed by atoms with van der Waals surface area (Å²) in [7, 11) is -2.43. The first-order valence-electron chi connectivity index (χ1n) is 9.66. The lowest BCUT2D eigenvalue weighted by molar-refractivity contribution is -0.156. The van der Waals surface area contributed by atoms with Crippen molar-refractivity contribution >= 4 is 39.2 Å². The standard InChI is InChI=1S/C21H23ClN2O6S/c1-14(20(25)23-17-6-3-4-8-19(17)29-2)30-21(26)18-7-5-13-24(18)31(27,28)16-11-9-15(22)10-12-16/h3-4,6,8-12,14,18H,5,7,13H2,1-2H3,(H,23,25)/t14-,18-/m1/s1. The van der Waals surface area contributed by atoms with Crippen LogP contribution in [0.2, 0.25) is 5.02 Å². The second-order valence-electron chi connectivity index (χ2n) is 7.00. The zero-order valence-electron chi connectivity index (χ0n) is 17.1. The van der Waals surface area contributed by atoms with E-state index in [2.05, 4.69) is 5.32 Å². The summed E-state index contributed by atoms with van der Waals surface area (Å²) in [6.45, 7) is 1.61. The molecule has 1 N–H and O–H groups in total. The molecular weight excluding hydrogens is 444 g/mol. The molecule has 3 rings (SSSR count). The van der Waals surface area contributed by atoms with Crippen LogP contribution in [0.3, 0.4) is 0 Å². The van der Waals surface area contributed by atoms with Gasteiger partial charge in [0.2, 0.25) is 10.0 Å². The van der Waals surface area contributed by atoms with E-state index in [0.717, 1.165) is 4.31 Å². The molecule has 31 heavy (non-hydrogen) atoms. The van der Waals surface area contributed by atoms with Crippen LogP contribution in [0.4, 0.5) is 5.69 Å². The zero-order valence-corrected chi connectivity index (χ0v) is 18.7. The number of hydrogen-bond donors (Lipinski definition) is 1. The van der Waals surface area contributed by atoms with Gasteiger partial charge in [0.1, 0.15) is 11.8 Å². The number of benzene rings is 2. The summed E-state index contributed by atoms with van der Waals surface area (Å²) in [6, 6.07) is 11.6. The molecule has 1 fully saturated rings. The number of carbonyl (C=O) groups excluding carboxylic acids is 2. The van der Waals surface area contributed by atoms with Crippen LogP contribution >= 0.6 is 11.6 Å². The quantitative estimate of drug-likeness (QED) is 0.629. The number of hydrogen-bond acceptors (Lipinski definition) is 6. The van der Waals surface area contributed by atoms with E-state index in [1.807, 2.05) is 0 Å². The first kappa shape index (κ1) is 23.1. The van der Waals surface area contributed by atoms with Gasteiger partial charge in [0.15, 0.2) is 6.10 Å². The fraction of sp³-hybridized carbons (Fsp3) is 0.333. The number of anilines is 1. The van der Waals surface area contributed by atoms with E-state index in [1.54, 1.807) is 24.3 Å². The van der Waals surface area contributed by atoms with Gasteiger partial charge < -0.3 is 14.8 Å². The van der Waals surface area contributed by atoms with Crippen molar-refractivity contribution < 1.29 is 27.5 Å². The fourth-order valence-corrected chi connectivity index (χ4v) is 5.07. The van der Waals surface area contributed by atoms with E-state index >= 15 is 0 Å². The van der Waals surface area contributed by atoms with E-state index in [-0.39, 0.29) is 11.4 Å². The minimum Gasteiger partial charge on any atom is -0.495 e. The normalized spacial score (nSPS) is 17.7. The van der Waals surface area contributed by atoms with Crippen LogP contribution < -0.4 is 10.1 Å². The van der Waals surface area contributed by atoms with Gasteiger partial charge in [-0.3, -0.25) is 9.59 Å². The van der Waals surface area contributed by atoms with Gasteiger partial charge in [0.05, 0.1) is 17.7 Å². The number of nitrogens with one attached hydrogen (secondary N) is 1. The Morgan fingerprint density at radius 2 is 1.84 bits per heavy atom. The lowest BCUT2D eigenvalue weighted by Crippen LogP contribution is -2.43.